The molecule has 6 nitrogen and oxygen atoms in total. The van der Waals surface area contributed by atoms with Crippen molar-refractivity contribution in [2.45, 2.75) is 6.54 Å². The Balaban J connectivity index is 1.65. The first kappa shape index (κ1) is 15.9. The smallest absolute Gasteiger partial charge is 0.245 e. The first-order chi connectivity index (χ1) is 11.1. The van der Waals surface area contributed by atoms with Gasteiger partial charge in [0.2, 0.25) is 11.8 Å². The molecule has 8 heteroatoms. The predicted octanol–water partition coefficient (Wildman–Crippen LogP) is 2.06. The van der Waals surface area contributed by atoms with Crippen LogP contribution in [0.3, 0.4) is 0 Å². The summed E-state index contributed by atoms with van der Waals surface area (Å²) in [4.78, 5) is 25.2. The molecule has 0 bridgehead atoms. The number of halogens is 1. The van der Waals surface area contributed by atoms with Crippen LogP contribution in [0, 0.1) is 0 Å². The number of carbonyl (C=O) groups is 2. The van der Waals surface area contributed by atoms with Gasteiger partial charge in [0, 0.05) is 11.1 Å². The van der Waals surface area contributed by atoms with Gasteiger partial charge in [0.1, 0.15) is 12.4 Å². The molecule has 0 atom stereocenters. The number of benzene rings is 1. The fraction of sp³-hybridized carbons (Fsp3) is 0.267. The lowest BCUT2D eigenvalue weighted by Gasteiger charge is -2.15. The molecule has 0 unspecified atom stereocenters. The summed E-state index contributed by atoms with van der Waals surface area (Å²) in [6.07, 6.45) is 1.61. The van der Waals surface area contributed by atoms with Gasteiger partial charge in [-0.1, -0.05) is 29.8 Å². The summed E-state index contributed by atoms with van der Waals surface area (Å²) >= 11 is 7.66. The number of aromatic nitrogens is 2. The van der Waals surface area contributed by atoms with E-state index in [0.717, 1.165) is 5.56 Å². The average Bonchev–Trinajstić information content (AvgIpc) is 3.12. The third-order valence-corrected chi connectivity index (χ3v) is 4.74. The number of anilines is 1. The summed E-state index contributed by atoms with van der Waals surface area (Å²) in [5, 5.41) is 7.66. The monoisotopic (exact) mass is 350 g/mol. The summed E-state index contributed by atoms with van der Waals surface area (Å²) in [5.74, 6) is 1.34. The van der Waals surface area contributed by atoms with E-state index in [1.807, 2.05) is 24.3 Å². The number of nitrogens with one attached hydrogen (secondary N) is 1. The quantitative estimate of drug-likeness (QED) is 0.896. The van der Waals surface area contributed by atoms with Crippen LogP contribution in [-0.2, 0) is 16.1 Å². The molecule has 1 aromatic heterocycles. The predicted molar refractivity (Wildman–Crippen MR) is 90.4 cm³/mol. The van der Waals surface area contributed by atoms with E-state index in [1.54, 1.807) is 16.9 Å². The van der Waals surface area contributed by atoms with Gasteiger partial charge in [0.25, 0.3) is 0 Å². The van der Waals surface area contributed by atoms with E-state index in [-0.39, 0.29) is 18.4 Å². The van der Waals surface area contributed by atoms with Gasteiger partial charge in [-0.15, -0.1) is 11.8 Å². The van der Waals surface area contributed by atoms with Crippen molar-refractivity contribution in [3.63, 3.8) is 0 Å². The molecular formula is C15H15ClN4O2S. The van der Waals surface area contributed by atoms with Gasteiger partial charge >= 0.3 is 0 Å². The maximum atomic E-state index is 12.1. The number of thioether (sulfide) groups is 1. The van der Waals surface area contributed by atoms with Crippen molar-refractivity contribution >= 4 is 41.0 Å². The molecule has 1 fully saturated rings. The fourth-order valence-electron chi connectivity index (χ4n) is 2.25. The van der Waals surface area contributed by atoms with Crippen molar-refractivity contribution in [1.29, 1.82) is 0 Å². The Morgan fingerprint density at radius 1 is 1.35 bits per heavy atom. The lowest BCUT2D eigenvalue weighted by atomic mass is 10.2. The molecule has 3 rings (SSSR count). The van der Waals surface area contributed by atoms with E-state index in [0.29, 0.717) is 29.0 Å². The molecule has 2 amide bonds. The Bertz CT molecular complexity index is 734. The maximum absolute atomic E-state index is 12.1. The number of hydrogen-bond donors (Lipinski definition) is 1. The molecule has 0 spiro atoms. The number of hydrogen-bond acceptors (Lipinski definition) is 4. The number of amides is 2. The molecule has 23 heavy (non-hydrogen) atoms. The van der Waals surface area contributed by atoms with Gasteiger partial charge in [0.15, 0.2) is 0 Å². The van der Waals surface area contributed by atoms with Crippen LogP contribution in [0.5, 0.6) is 0 Å². The van der Waals surface area contributed by atoms with E-state index < -0.39 is 0 Å². The summed E-state index contributed by atoms with van der Waals surface area (Å²) in [5.41, 5.74) is 0.916. The van der Waals surface area contributed by atoms with Crippen LogP contribution < -0.4 is 5.32 Å². The van der Waals surface area contributed by atoms with Gasteiger partial charge in [-0.25, -0.2) is 4.68 Å². The molecule has 0 saturated carbocycles. The van der Waals surface area contributed by atoms with Gasteiger partial charge in [-0.3, -0.25) is 9.59 Å². The highest BCUT2D eigenvalue weighted by Gasteiger charge is 2.23. The van der Waals surface area contributed by atoms with E-state index in [1.165, 1.54) is 16.7 Å². The lowest BCUT2D eigenvalue weighted by molar-refractivity contribution is -0.130. The highest BCUT2D eigenvalue weighted by molar-refractivity contribution is 8.00. The normalized spacial score (nSPS) is 14.3. The Kier molecular flexibility index (Phi) is 4.88. The Morgan fingerprint density at radius 3 is 2.91 bits per heavy atom. The Labute approximate surface area is 142 Å². The molecule has 1 aliphatic heterocycles. The summed E-state index contributed by atoms with van der Waals surface area (Å²) in [6.45, 7) is 0.518. The van der Waals surface area contributed by atoms with Crippen LogP contribution in [0.25, 0.3) is 0 Å². The fourth-order valence-corrected chi connectivity index (χ4v) is 3.35. The van der Waals surface area contributed by atoms with E-state index in [4.69, 9.17) is 11.6 Å². The minimum Gasteiger partial charge on any atom is -0.323 e. The van der Waals surface area contributed by atoms with Gasteiger partial charge in [-0.05, 0) is 11.6 Å². The lowest BCUT2D eigenvalue weighted by Crippen LogP contribution is -2.34. The second-order valence-electron chi connectivity index (χ2n) is 5.08. The third-order valence-electron chi connectivity index (χ3n) is 3.42. The standard InChI is InChI=1S/C15H15ClN4O2S/c16-12-4-2-1-3-11(12)7-20-13(5-6-17-20)18-14(21)8-19-10-23-9-15(19)22/h1-6H,7-10H2,(H,18,21). The van der Waals surface area contributed by atoms with Gasteiger partial charge in [0.05, 0.1) is 24.4 Å². The summed E-state index contributed by atoms with van der Waals surface area (Å²) in [6, 6.07) is 9.21. The zero-order chi connectivity index (χ0) is 16.2. The second-order valence-corrected chi connectivity index (χ2v) is 6.45. The van der Waals surface area contributed by atoms with Crippen LogP contribution in [0.1, 0.15) is 5.56 Å². The third kappa shape index (κ3) is 3.86. The Hall–Kier alpha value is -1.99. The molecule has 0 aliphatic carbocycles. The molecule has 0 radical (unpaired) electrons. The van der Waals surface area contributed by atoms with Crippen LogP contribution in [0.15, 0.2) is 36.5 Å². The zero-order valence-corrected chi connectivity index (χ0v) is 13.8. The van der Waals surface area contributed by atoms with Crippen LogP contribution in [0.2, 0.25) is 5.02 Å². The van der Waals surface area contributed by atoms with Crippen LogP contribution in [0.4, 0.5) is 5.82 Å². The molecule has 2 heterocycles. The van der Waals surface area contributed by atoms with Crippen LogP contribution >= 0.6 is 23.4 Å². The van der Waals surface area contributed by atoms with E-state index in [2.05, 4.69) is 10.4 Å². The minimum atomic E-state index is -0.234. The zero-order valence-electron chi connectivity index (χ0n) is 12.2. The first-order valence-electron chi connectivity index (χ1n) is 7.04. The van der Waals surface area contributed by atoms with E-state index in [9.17, 15) is 9.59 Å². The molecule has 1 aliphatic rings. The molecule has 2 aromatic rings. The molecular weight excluding hydrogens is 336 g/mol. The van der Waals surface area contributed by atoms with Crippen molar-refractivity contribution in [3.05, 3.63) is 47.1 Å². The second kappa shape index (κ2) is 7.06. The van der Waals surface area contributed by atoms with Gasteiger partial charge < -0.3 is 10.2 Å². The largest absolute Gasteiger partial charge is 0.323 e. The highest BCUT2D eigenvalue weighted by atomic mass is 35.5. The first-order valence-corrected chi connectivity index (χ1v) is 8.57. The average molecular weight is 351 g/mol. The van der Waals surface area contributed by atoms with Crippen molar-refractivity contribution < 1.29 is 9.59 Å². The van der Waals surface area contributed by atoms with Crippen molar-refractivity contribution in [2.75, 3.05) is 23.5 Å². The van der Waals surface area contributed by atoms with E-state index >= 15 is 0 Å². The molecule has 1 saturated heterocycles. The molecule has 1 N–H and O–H groups in total. The summed E-state index contributed by atoms with van der Waals surface area (Å²) in [7, 11) is 0. The maximum Gasteiger partial charge on any atom is 0.245 e. The van der Waals surface area contributed by atoms with Crippen LogP contribution in [-0.4, -0.2) is 44.7 Å². The topological polar surface area (TPSA) is 67.2 Å². The SMILES string of the molecule is O=C(CN1CSCC1=O)Nc1ccnn1Cc1ccccc1Cl. The number of nitrogens with zero attached hydrogens (tertiary/aromatic N) is 3. The van der Waals surface area contributed by atoms with Gasteiger partial charge in [-0.2, -0.15) is 5.10 Å². The van der Waals surface area contributed by atoms with Crippen molar-refractivity contribution in [3.8, 4) is 0 Å². The van der Waals surface area contributed by atoms with Crippen molar-refractivity contribution in [1.82, 2.24) is 14.7 Å². The minimum absolute atomic E-state index is 0.00488. The number of carbonyl (C=O) groups excluding carboxylic acids is 2. The Morgan fingerprint density at radius 2 is 2.17 bits per heavy atom. The number of rotatable bonds is 5. The highest BCUT2D eigenvalue weighted by Crippen LogP contribution is 2.18. The molecule has 120 valence electrons. The summed E-state index contributed by atoms with van der Waals surface area (Å²) < 4.78 is 1.67. The molecule has 1 aromatic carbocycles. The van der Waals surface area contributed by atoms with Crippen molar-refractivity contribution in [2.24, 2.45) is 0 Å².